The lowest BCUT2D eigenvalue weighted by molar-refractivity contribution is -0.110. The number of nitrogens with zero attached hydrogens (tertiary/aromatic N) is 1. The highest BCUT2D eigenvalue weighted by atomic mass is 16.5. The highest BCUT2D eigenvalue weighted by Gasteiger charge is 2.42. The Hall–Kier alpha value is -2.06. The molecule has 1 aliphatic heterocycles. The van der Waals surface area contributed by atoms with Gasteiger partial charge in [0.25, 0.3) is 5.91 Å². The fraction of sp³-hybridized carbons (Fsp3) is 0.579. The molecule has 2 fully saturated rings. The molecule has 1 heterocycles. The van der Waals surface area contributed by atoms with E-state index in [1.807, 2.05) is 32.9 Å². The van der Waals surface area contributed by atoms with Crippen molar-refractivity contribution in [2.45, 2.75) is 51.7 Å². The maximum absolute atomic E-state index is 12.6. The lowest BCUT2D eigenvalue weighted by atomic mass is 9.81. The van der Waals surface area contributed by atoms with E-state index in [4.69, 9.17) is 9.47 Å². The Morgan fingerprint density at radius 2 is 2.12 bits per heavy atom. The fourth-order valence-corrected chi connectivity index (χ4v) is 2.93. The fourth-order valence-electron chi connectivity index (χ4n) is 2.93. The average Bonchev–Trinajstić information content (AvgIpc) is 3.34. The van der Waals surface area contributed by atoms with Gasteiger partial charge in [-0.15, -0.1) is 0 Å². The van der Waals surface area contributed by atoms with E-state index >= 15 is 0 Å². The van der Waals surface area contributed by atoms with Gasteiger partial charge in [0.05, 0.1) is 25.4 Å². The van der Waals surface area contributed by atoms with Gasteiger partial charge in [0, 0.05) is 11.0 Å². The number of hydrogen-bond acceptors (Lipinski definition) is 4. The summed E-state index contributed by atoms with van der Waals surface area (Å²) in [5, 5.41) is 12.2. The molecular formula is C19H24N2O3. The maximum atomic E-state index is 12.6. The molecule has 128 valence electrons. The van der Waals surface area contributed by atoms with Crippen LogP contribution >= 0.6 is 0 Å². The van der Waals surface area contributed by atoms with Crippen molar-refractivity contribution < 1.29 is 14.3 Å². The van der Waals surface area contributed by atoms with Crippen LogP contribution in [0.25, 0.3) is 0 Å². The van der Waals surface area contributed by atoms with Crippen LogP contribution in [0.5, 0.6) is 5.75 Å². The highest BCUT2D eigenvalue weighted by molar-refractivity contribution is 5.95. The minimum atomic E-state index is -0.559. The van der Waals surface area contributed by atoms with E-state index in [2.05, 4.69) is 11.4 Å². The second-order valence-electron chi connectivity index (χ2n) is 7.38. The van der Waals surface area contributed by atoms with Gasteiger partial charge in [-0.3, -0.25) is 4.79 Å². The molecule has 0 aromatic heterocycles. The van der Waals surface area contributed by atoms with Gasteiger partial charge in [-0.1, -0.05) is 13.0 Å². The number of carbonyl (C=O) groups is 1. The quantitative estimate of drug-likeness (QED) is 0.871. The molecule has 5 heteroatoms. The molecular weight excluding hydrogens is 304 g/mol. The zero-order valence-corrected chi connectivity index (χ0v) is 14.5. The first-order chi connectivity index (χ1) is 11.4. The molecule has 1 N–H and O–H groups in total. The Bertz CT molecular complexity index is 670. The number of benzene rings is 1. The van der Waals surface area contributed by atoms with Gasteiger partial charge in [0.15, 0.2) is 0 Å². The van der Waals surface area contributed by atoms with Crippen molar-refractivity contribution in [3.63, 3.8) is 0 Å². The van der Waals surface area contributed by atoms with E-state index in [0.29, 0.717) is 24.7 Å². The third-order valence-corrected chi connectivity index (χ3v) is 4.62. The summed E-state index contributed by atoms with van der Waals surface area (Å²) in [6.07, 6.45) is 2.41. The number of hydrogen-bond donors (Lipinski definition) is 1. The smallest absolute Gasteiger partial charge is 0.252 e. The van der Waals surface area contributed by atoms with Crippen LogP contribution in [0, 0.1) is 16.7 Å². The molecule has 3 rings (SSSR count). The first-order valence-corrected chi connectivity index (χ1v) is 8.52. The van der Waals surface area contributed by atoms with Crippen LogP contribution in [0.1, 0.15) is 55.5 Å². The molecule has 1 saturated heterocycles. The van der Waals surface area contributed by atoms with E-state index < -0.39 is 6.04 Å². The number of amides is 1. The molecule has 1 aliphatic carbocycles. The zero-order valence-electron chi connectivity index (χ0n) is 14.5. The molecule has 1 atom stereocenters. The van der Waals surface area contributed by atoms with Crippen LogP contribution in [0.2, 0.25) is 0 Å². The van der Waals surface area contributed by atoms with Crippen LogP contribution in [0.3, 0.4) is 0 Å². The molecule has 1 aromatic rings. The maximum Gasteiger partial charge on any atom is 0.252 e. The van der Waals surface area contributed by atoms with Crippen LogP contribution < -0.4 is 10.1 Å². The van der Waals surface area contributed by atoms with Crippen LogP contribution in [0.15, 0.2) is 18.2 Å². The summed E-state index contributed by atoms with van der Waals surface area (Å²) in [6, 6.07) is 7.24. The Morgan fingerprint density at radius 1 is 1.42 bits per heavy atom. The number of nitrogens with one attached hydrogen (secondary N) is 1. The van der Waals surface area contributed by atoms with Crippen LogP contribution in [0.4, 0.5) is 0 Å². The number of carbonyl (C=O) groups excluding carboxylic acids is 1. The zero-order chi connectivity index (χ0) is 17.3. The van der Waals surface area contributed by atoms with Gasteiger partial charge in [0.2, 0.25) is 0 Å². The van der Waals surface area contributed by atoms with Crippen molar-refractivity contribution in [3.8, 4) is 11.8 Å². The van der Waals surface area contributed by atoms with Crippen molar-refractivity contribution in [2.24, 2.45) is 5.41 Å². The number of ether oxygens (including phenoxy) is 2. The predicted molar refractivity (Wildman–Crippen MR) is 90.0 cm³/mol. The molecule has 0 spiro atoms. The Morgan fingerprint density at radius 3 is 2.62 bits per heavy atom. The molecule has 1 amide bonds. The van der Waals surface area contributed by atoms with E-state index in [1.165, 1.54) is 18.4 Å². The van der Waals surface area contributed by atoms with Gasteiger partial charge < -0.3 is 14.8 Å². The highest BCUT2D eigenvalue weighted by Crippen LogP contribution is 2.44. The first kappa shape index (κ1) is 16.8. The summed E-state index contributed by atoms with van der Waals surface area (Å²) < 4.78 is 11.1. The molecule has 5 nitrogen and oxygen atoms in total. The van der Waals surface area contributed by atoms with Gasteiger partial charge in [-0.05, 0) is 50.3 Å². The summed E-state index contributed by atoms with van der Waals surface area (Å²) in [6.45, 7) is 6.90. The standard InChI is InChI=1S/C19H24N2O3/c1-12(2)24-16-8-14(6-7-15(16)13-4-5-13)18(22)21-17(9-20)19(3)10-23-11-19/h6-8,12-13,17H,4-5,10-11H2,1-3H3,(H,21,22). The van der Waals surface area contributed by atoms with Crippen molar-refractivity contribution in [1.82, 2.24) is 5.32 Å². The van der Waals surface area contributed by atoms with E-state index in [9.17, 15) is 10.1 Å². The van der Waals surface area contributed by atoms with Crippen molar-refractivity contribution >= 4 is 5.91 Å². The summed E-state index contributed by atoms with van der Waals surface area (Å²) in [5.41, 5.74) is 1.39. The monoisotopic (exact) mass is 328 g/mol. The van der Waals surface area contributed by atoms with Crippen LogP contribution in [-0.4, -0.2) is 31.3 Å². The third-order valence-electron chi connectivity index (χ3n) is 4.62. The van der Waals surface area contributed by atoms with Gasteiger partial charge in [-0.2, -0.15) is 5.26 Å². The minimum absolute atomic E-state index is 0.0544. The number of nitriles is 1. The minimum Gasteiger partial charge on any atom is -0.491 e. The molecule has 1 aromatic carbocycles. The second-order valence-corrected chi connectivity index (χ2v) is 7.38. The Kier molecular flexibility index (Phi) is 4.51. The van der Waals surface area contributed by atoms with E-state index in [1.54, 1.807) is 6.07 Å². The molecule has 24 heavy (non-hydrogen) atoms. The summed E-state index contributed by atoms with van der Waals surface area (Å²) >= 11 is 0. The van der Waals surface area contributed by atoms with Gasteiger partial charge in [-0.25, -0.2) is 0 Å². The molecule has 0 bridgehead atoms. The summed E-state index contributed by atoms with van der Waals surface area (Å²) in [5.74, 6) is 1.09. The first-order valence-electron chi connectivity index (χ1n) is 8.52. The molecule has 0 radical (unpaired) electrons. The third kappa shape index (κ3) is 3.39. The lowest BCUT2D eigenvalue weighted by Crippen LogP contribution is -2.55. The predicted octanol–water partition coefficient (Wildman–Crippen LogP) is 3.01. The van der Waals surface area contributed by atoms with Crippen molar-refractivity contribution in [2.75, 3.05) is 13.2 Å². The molecule has 2 aliphatic rings. The topological polar surface area (TPSA) is 71.3 Å². The van der Waals surface area contributed by atoms with Crippen molar-refractivity contribution in [3.05, 3.63) is 29.3 Å². The summed E-state index contributed by atoms with van der Waals surface area (Å²) in [4.78, 5) is 12.6. The van der Waals surface area contributed by atoms with Gasteiger partial charge >= 0.3 is 0 Å². The summed E-state index contributed by atoms with van der Waals surface area (Å²) in [7, 11) is 0. The largest absolute Gasteiger partial charge is 0.491 e. The van der Waals surface area contributed by atoms with Gasteiger partial charge in [0.1, 0.15) is 11.8 Å². The van der Waals surface area contributed by atoms with E-state index in [0.717, 1.165) is 5.75 Å². The Labute approximate surface area is 142 Å². The second kappa shape index (κ2) is 6.45. The Balaban J connectivity index is 1.78. The normalized spacial score (nSPS) is 20.0. The molecule has 1 unspecified atom stereocenters. The van der Waals surface area contributed by atoms with Crippen LogP contribution in [-0.2, 0) is 4.74 Å². The average molecular weight is 328 g/mol. The SMILES string of the molecule is CC(C)Oc1cc(C(=O)NC(C#N)C2(C)COC2)ccc1C1CC1. The van der Waals surface area contributed by atoms with Crippen molar-refractivity contribution in [1.29, 1.82) is 5.26 Å². The lowest BCUT2D eigenvalue weighted by Gasteiger charge is -2.41. The number of rotatable bonds is 6. The van der Waals surface area contributed by atoms with E-state index in [-0.39, 0.29) is 17.4 Å². The molecule has 1 saturated carbocycles.